The lowest BCUT2D eigenvalue weighted by Gasteiger charge is -2.42. The second-order valence-corrected chi connectivity index (χ2v) is 8.03. The van der Waals surface area contributed by atoms with E-state index in [-0.39, 0.29) is 23.8 Å². The first-order chi connectivity index (χ1) is 12.7. The summed E-state index contributed by atoms with van der Waals surface area (Å²) in [4.78, 5) is 43.4. The van der Waals surface area contributed by atoms with Gasteiger partial charge in [-0.1, -0.05) is 25.4 Å². The molecule has 8 nitrogen and oxygen atoms in total. The molecule has 9 heteroatoms. The van der Waals surface area contributed by atoms with Crippen LogP contribution in [0.5, 0.6) is 0 Å². The standard InChI is InChI=1S/C18H26ClN5O3/c1-5-23-16(26)18(24(17(23)27)11-12(2)3)6-8-22(9-7-18)15(25)14-13(19)10-20-21(14)4/h10,12H,5-9,11H2,1-4H3. The summed E-state index contributed by atoms with van der Waals surface area (Å²) in [6.07, 6.45) is 2.31. The number of aryl methyl sites for hydroxylation is 1. The predicted octanol–water partition coefficient (Wildman–Crippen LogP) is 1.99. The van der Waals surface area contributed by atoms with Crippen molar-refractivity contribution >= 4 is 29.4 Å². The number of carbonyl (C=O) groups is 3. The summed E-state index contributed by atoms with van der Waals surface area (Å²) >= 11 is 6.10. The lowest BCUT2D eigenvalue weighted by Crippen LogP contribution is -2.58. The van der Waals surface area contributed by atoms with Crippen LogP contribution < -0.4 is 0 Å². The molecule has 3 rings (SSSR count). The highest BCUT2D eigenvalue weighted by atomic mass is 35.5. The average Bonchev–Trinajstić information content (AvgIpc) is 3.05. The Morgan fingerprint density at radius 3 is 2.41 bits per heavy atom. The molecule has 0 N–H and O–H groups in total. The number of urea groups is 1. The number of likely N-dealkylation sites (N-methyl/N-ethyl adjacent to an activating group) is 1. The van der Waals surface area contributed by atoms with Crippen molar-refractivity contribution < 1.29 is 14.4 Å². The first-order valence-electron chi connectivity index (χ1n) is 9.33. The number of aromatic nitrogens is 2. The smallest absolute Gasteiger partial charge is 0.327 e. The van der Waals surface area contributed by atoms with Crippen LogP contribution in [0, 0.1) is 5.92 Å². The van der Waals surface area contributed by atoms with Crippen LogP contribution in [-0.2, 0) is 11.8 Å². The molecule has 0 unspecified atom stereocenters. The number of rotatable bonds is 4. The number of nitrogens with zero attached hydrogens (tertiary/aromatic N) is 5. The SMILES string of the molecule is CCN1C(=O)N(CC(C)C)C2(CCN(C(=O)c3c(Cl)cnn3C)CC2)C1=O. The molecule has 0 aliphatic carbocycles. The molecule has 1 aromatic heterocycles. The molecule has 148 valence electrons. The number of likely N-dealkylation sites (tertiary alicyclic amines) is 1. The van der Waals surface area contributed by atoms with Crippen LogP contribution in [0.1, 0.15) is 44.1 Å². The number of piperidine rings is 1. The topological polar surface area (TPSA) is 78.8 Å². The summed E-state index contributed by atoms with van der Waals surface area (Å²) in [6, 6.07) is -0.217. The number of amides is 4. The van der Waals surface area contributed by atoms with E-state index in [1.165, 1.54) is 15.8 Å². The minimum absolute atomic E-state index is 0.138. The summed E-state index contributed by atoms with van der Waals surface area (Å²) in [5.74, 6) is -0.0842. The van der Waals surface area contributed by atoms with Crippen LogP contribution in [0.25, 0.3) is 0 Å². The van der Waals surface area contributed by atoms with E-state index >= 15 is 0 Å². The van der Waals surface area contributed by atoms with Crippen LogP contribution >= 0.6 is 11.6 Å². The fourth-order valence-corrected chi connectivity index (χ4v) is 4.29. The van der Waals surface area contributed by atoms with Gasteiger partial charge in [0, 0.05) is 33.2 Å². The predicted molar refractivity (Wildman–Crippen MR) is 100 cm³/mol. The number of hydrogen-bond donors (Lipinski definition) is 0. The molecule has 0 atom stereocenters. The Morgan fingerprint density at radius 1 is 1.30 bits per heavy atom. The van der Waals surface area contributed by atoms with E-state index < -0.39 is 5.54 Å². The third-order valence-electron chi connectivity index (χ3n) is 5.46. The van der Waals surface area contributed by atoms with E-state index in [9.17, 15) is 14.4 Å². The first kappa shape index (κ1) is 19.7. The minimum atomic E-state index is -0.843. The summed E-state index contributed by atoms with van der Waals surface area (Å²) < 4.78 is 1.46. The molecule has 1 spiro atoms. The number of halogens is 1. The van der Waals surface area contributed by atoms with Crippen molar-refractivity contribution in [3.63, 3.8) is 0 Å². The monoisotopic (exact) mass is 395 g/mol. The Labute approximate surface area is 164 Å². The second-order valence-electron chi connectivity index (χ2n) is 7.62. The maximum absolute atomic E-state index is 13.1. The van der Waals surface area contributed by atoms with Crippen molar-refractivity contribution in [1.82, 2.24) is 24.5 Å². The normalized spacial score (nSPS) is 19.7. The Hall–Kier alpha value is -2.09. The number of hydrogen-bond acceptors (Lipinski definition) is 4. The van der Waals surface area contributed by atoms with Crippen molar-refractivity contribution in [2.24, 2.45) is 13.0 Å². The summed E-state index contributed by atoms with van der Waals surface area (Å²) in [5.41, 5.74) is -0.500. The third-order valence-corrected chi connectivity index (χ3v) is 5.74. The summed E-state index contributed by atoms with van der Waals surface area (Å²) in [7, 11) is 1.67. The average molecular weight is 396 g/mol. The Balaban J connectivity index is 1.82. The number of carbonyl (C=O) groups excluding carboxylic acids is 3. The van der Waals surface area contributed by atoms with Crippen molar-refractivity contribution in [2.75, 3.05) is 26.2 Å². The van der Waals surface area contributed by atoms with Gasteiger partial charge in [0.25, 0.3) is 11.8 Å². The van der Waals surface area contributed by atoms with E-state index in [0.29, 0.717) is 49.7 Å². The van der Waals surface area contributed by atoms with Gasteiger partial charge >= 0.3 is 6.03 Å². The highest BCUT2D eigenvalue weighted by Gasteiger charge is 2.57. The van der Waals surface area contributed by atoms with Crippen molar-refractivity contribution in [1.29, 1.82) is 0 Å². The van der Waals surface area contributed by atoms with E-state index in [1.807, 2.05) is 20.8 Å². The van der Waals surface area contributed by atoms with Gasteiger partial charge in [-0.05, 0) is 25.7 Å². The van der Waals surface area contributed by atoms with Gasteiger partial charge < -0.3 is 9.80 Å². The molecule has 0 bridgehead atoms. The van der Waals surface area contributed by atoms with E-state index in [1.54, 1.807) is 16.8 Å². The van der Waals surface area contributed by atoms with Gasteiger partial charge in [-0.3, -0.25) is 19.2 Å². The van der Waals surface area contributed by atoms with E-state index in [0.717, 1.165) is 0 Å². The van der Waals surface area contributed by atoms with Gasteiger partial charge in [0.15, 0.2) is 0 Å². The minimum Gasteiger partial charge on any atom is -0.337 e. The molecule has 0 saturated carbocycles. The van der Waals surface area contributed by atoms with Crippen LogP contribution in [0.15, 0.2) is 6.20 Å². The third kappa shape index (κ3) is 3.09. The zero-order valence-electron chi connectivity index (χ0n) is 16.2. The number of imide groups is 1. The van der Waals surface area contributed by atoms with E-state index in [4.69, 9.17) is 11.6 Å². The summed E-state index contributed by atoms with van der Waals surface area (Å²) in [6.45, 7) is 7.55. The van der Waals surface area contributed by atoms with Crippen LogP contribution in [0.2, 0.25) is 5.02 Å². The molecule has 4 amide bonds. The largest absolute Gasteiger partial charge is 0.337 e. The molecule has 27 heavy (non-hydrogen) atoms. The van der Waals surface area contributed by atoms with Gasteiger partial charge in [0.05, 0.1) is 11.2 Å². The lowest BCUT2D eigenvalue weighted by atomic mass is 9.85. The fourth-order valence-electron chi connectivity index (χ4n) is 4.04. The zero-order chi connectivity index (χ0) is 19.9. The van der Waals surface area contributed by atoms with Crippen molar-refractivity contribution in [3.8, 4) is 0 Å². The molecular formula is C18H26ClN5O3. The molecule has 3 heterocycles. The maximum Gasteiger partial charge on any atom is 0.327 e. The molecule has 2 aliphatic heterocycles. The second kappa shape index (κ2) is 7.14. The van der Waals surface area contributed by atoms with Crippen LogP contribution in [0.3, 0.4) is 0 Å². The van der Waals surface area contributed by atoms with Crippen molar-refractivity contribution in [2.45, 2.75) is 39.2 Å². The van der Waals surface area contributed by atoms with E-state index in [2.05, 4.69) is 5.10 Å². The lowest BCUT2D eigenvalue weighted by molar-refractivity contribution is -0.135. The quantitative estimate of drug-likeness (QED) is 0.730. The Morgan fingerprint density at radius 2 is 1.93 bits per heavy atom. The fraction of sp³-hybridized carbons (Fsp3) is 0.667. The first-order valence-corrected chi connectivity index (χ1v) is 9.71. The van der Waals surface area contributed by atoms with Gasteiger partial charge in [0.2, 0.25) is 0 Å². The Bertz CT molecular complexity index is 748. The zero-order valence-corrected chi connectivity index (χ0v) is 17.0. The van der Waals surface area contributed by atoms with Crippen molar-refractivity contribution in [3.05, 3.63) is 16.9 Å². The molecule has 0 radical (unpaired) electrons. The van der Waals surface area contributed by atoms with Gasteiger partial charge in [0.1, 0.15) is 11.2 Å². The van der Waals surface area contributed by atoms with Gasteiger partial charge in [-0.25, -0.2) is 4.79 Å². The molecular weight excluding hydrogens is 370 g/mol. The molecule has 1 aromatic rings. The maximum atomic E-state index is 13.1. The highest BCUT2D eigenvalue weighted by molar-refractivity contribution is 6.33. The summed E-state index contributed by atoms with van der Waals surface area (Å²) in [5, 5.41) is 4.33. The molecule has 2 aliphatic rings. The van der Waals surface area contributed by atoms with Crippen LogP contribution in [-0.4, -0.2) is 74.0 Å². The van der Waals surface area contributed by atoms with Gasteiger partial charge in [-0.2, -0.15) is 5.10 Å². The Kier molecular flexibility index (Phi) is 5.20. The molecule has 0 aromatic carbocycles. The van der Waals surface area contributed by atoms with Gasteiger partial charge in [-0.15, -0.1) is 0 Å². The molecule has 2 saturated heterocycles. The van der Waals surface area contributed by atoms with Crippen LogP contribution in [0.4, 0.5) is 4.79 Å². The molecule has 2 fully saturated rings. The highest BCUT2D eigenvalue weighted by Crippen LogP contribution is 2.38.